The number of rotatable bonds is 4. The Balaban J connectivity index is 1.80. The third kappa shape index (κ3) is 4.45. The maximum atomic E-state index is 12.1. The zero-order chi connectivity index (χ0) is 13.7. The summed E-state index contributed by atoms with van der Waals surface area (Å²) in [4.78, 5) is 14.0. The van der Waals surface area contributed by atoms with Gasteiger partial charge in [-0.2, -0.15) is 0 Å². The zero-order valence-electron chi connectivity index (χ0n) is 11.4. The normalized spacial score (nSPS) is 17.3. The van der Waals surface area contributed by atoms with Crippen molar-refractivity contribution in [2.45, 2.75) is 32.2 Å². The van der Waals surface area contributed by atoms with Crippen molar-refractivity contribution in [3.8, 4) is 0 Å². The Morgan fingerprint density at radius 2 is 1.89 bits per heavy atom. The number of piperidine rings is 1. The lowest BCUT2D eigenvalue weighted by Crippen LogP contribution is -2.41. The van der Waals surface area contributed by atoms with Gasteiger partial charge < -0.3 is 10.2 Å². The largest absolute Gasteiger partial charge is 0.342 e. The van der Waals surface area contributed by atoms with Crippen molar-refractivity contribution in [1.82, 2.24) is 10.2 Å². The third-order valence-electron chi connectivity index (χ3n) is 3.64. The first-order valence-electron chi connectivity index (χ1n) is 6.93. The van der Waals surface area contributed by atoms with Gasteiger partial charge in [-0.15, -0.1) is 0 Å². The maximum absolute atomic E-state index is 12.1. The molecule has 1 unspecified atom stereocenters. The molecule has 1 aliphatic heterocycles. The Morgan fingerprint density at radius 1 is 1.26 bits per heavy atom. The first-order chi connectivity index (χ1) is 9.16. The summed E-state index contributed by atoms with van der Waals surface area (Å²) in [5, 5.41) is 3.32. The molecule has 1 fully saturated rings. The standard InChI is InChI=1S/C15H21IN2O/c1-12(13-5-7-14(16)8-6-13)17-11-15(19)18-9-3-2-4-10-18/h5-8,12,17H,2-4,9-11H2,1H3. The second-order valence-electron chi connectivity index (χ2n) is 5.10. The van der Waals surface area contributed by atoms with E-state index in [1.165, 1.54) is 15.6 Å². The molecule has 1 N–H and O–H groups in total. The fourth-order valence-electron chi connectivity index (χ4n) is 2.36. The molecule has 0 aliphatic carbocycles. The van der Waals surface area contributed by atoms with Crippen molar-refractivity contribution in [2.75, 3.05) is 19.6 Å². The summed E-state index contributed by atoms with van der Waals surface area (Å²) in [7, 11) is 0. The van der Waals surface area contributed by atoms with E-state index in [9.17, 15) is 4.79 Å². The predicted octanol–water partition coefficient (Wildman–Crippen LogP) is 2.95. The molecule has 1 aromatic carbocycles. The molecule has 1 atom stereocenters. The summed E-state index contributed by atoms with van der Waals surface area (Å²) in [6.45, 7) is 4.40. The molecule has 1 aromatic rings. The number of carbonyl (C=O) groups is 1. The van der Waals surface area contributed by atoms with E-state index < -0.39 is 0 Å². The van der Waals surface area contributed by atoms with Crippen molar-refractivity contribution in [2.24, 2.45) is 0 Å². The molecule has 1 amide bonds. The minimum Gasteiger partial charge on any atom is -0.342 e. The van der Waals surface area contributed by atoms with E-state index in [0.717, 1.165) is 25.9 Å². The molecule has 2 rings (SSSR count). The Labute approximate surface area is 128 Å². The number of hydrogen-bond donors (Lipinski definition) is 1. The van der Waals surface area contributed by atoms with Gasteiger partial charge >= 0.3 is 0 Å². The molecule has 19 heavy (non-hydrogen) atoms. The highest BCUT2D eigenvalue weighted by atomic mass is 127. The van der Waals surface area contributed by atoms with Crippen molar-refractivity contribution in [3.05, 3.63) is 33.4 Å². The predicted molar refractivity (Wildman–Crippen MR) is 86.0 cm³/mol. The lowest BCUT2D eigenvalue weighted by molar-refractivity contribution is -0.131. The molecular formula is C15H21IN2O. The monoisotopic (exact) mass is 372 g/mol. The second kappa shape index (κ2) is 7.24. The van der Waals surface area contributed by atoms with Gasteiger partial charge in [0.2, 0.25) is 5.91 Å². The summed E-state index contributed by atoms with van der Waals surface area (Å²) in [6.07, 6.45) is 3.56. The molecule has 0 saturated carbocycles. The van der Waals surface area contributed by atoms with Crippen LogP contribution in [-0.4, -0.2) is 30.4 Å². The van der Waals surface area contributed by atoms with Crippen LogP contribution in [0, 0.1) is 3.57 Å². The first-order valence-corrected chi connectivity index (χ1v) is 8.01. The van der Waals surface area contributed by atoms with Gasteiger partial charge in [-0.05, 0) is 66.5 Å². The fourth-order valence-corrected chi connectivity index (χ4v) is 2.72. The Morgan fingerprint density at radius 3 is 2.53 bits per heavy atom. The zero-order valence-corrected chi connectivity index (χ0v) is 13.5. The highest BCUT2D eigenvalue weighted by molar-refractivity contribution is 14.1. The van der Waals surface area contributed by atoms with Gasteiger partial charge in [-0.3, -0.25) is 4.79 Å². The van der Waals surface area contributed by atoms with Crippen LogP contribution in [0.4, 0.5) is 0 Å². The van der Waals surface area contributed by atoms with E-state index in [0.29, 0.717) is 6.54 Å². The molecule has 1 heterocycles. The Bertz CT molecular complexity index is 413. The van der Waals surface area contributed by atoms with Gasteiger partial charge in [0, 0.05) is 22.7 Å². The molecule has 3 nitrogen and oxygen atoms in total. The number of nitrogens with zero attached hydrogens (tertiary/aromatic N) is 1. The molecule has 0 aromatic heterocycles. The van der Waals surface area contributed by atoms with Crippen molar-refractivity contribution < 1.29 is 4.79 Å². The van der Waals surface area contributed by atoms with Gasteiger partial charge in [0.05, 0.1) is 6.54 Å². The number of hydrogen-bond acceptors (Lipinski definition) is 2. The summed E-state index contributed by atoms with van der Waals surface area (Å²) in [5.74, 6) is 0.233. The molecule has 4 heteroatoms. The summed E-state index contributed by atoms with van der Waals surface area (Å²) in [5.41, 5.74) is 1.23. The van der Waals surface area contributed by atoms with Crippen LogP contribution in [0.15, 0.2) is 24.3 Å². The molecule has 0 spiro atoms. The molecule has 0 bridgehead atoms. The minimum atomic E-state index is 0.214. The lowest BCUT2D eigenvalue weighted by atomic mass is 10.1. The van der Waals surface area contributed by atoms with E-state index in [4.69, 9.17) is 0 Å². The first kappa shape index (κ1) is 14.8. The van der Waals surface area contributed by atoms with Crippen LogP contribution >= 0.6 is 22.6 Å². The average molecular weight is 372 g/mol. The van der Waals surface area contributed by atoms with Crippen LogP contribution in [0.5, 0.6) is 0 Å². The Hall–Kier alpha value is -0.620. The van der Waals surface area contributed by atoms with Gasteiger partial charge in [0.1, 0.15) is 0 Å². The van der Waals surface area contributed by atoms with Crippen molar-refractivity contribution in [3.63, 3.8) is 0 Å². The molecule has 0 radical (unpaired) electrons. The lowest BCUT2D eigenvalue weighted by Gasteiger charge is -2.27. The Kier molecular flexibility index (Phi) is 5.63. The van der Waals surface area contributed by atoms with Crippen molar-refractivity contribution >= 4 is 28.5 Å². The van der Waals surface area contributed by atoms with Gasteiger partial charge in [0.25, 0.3) is 0 Å². The molecular weight excluding hydrogens is 351 g/mol. The number of likely N-dealkylation sites (tertiary alicyclic amines) is 1. The quantitative estimate of drug-likeness (QED) is 0.825. The third-order valence-corrected chi connectivity index (χ3v) is 4.36. The van der Waals surface area contributed by atoms with Crippen molar-refractivity contribution in [1.29, 1.82) is 0 Å². The number of nitrogens with one attached hydrogen (secondary N) is 1. The highest BCUT2D eigenvalue weighted by Crippen LogP contribution is 2.14. The highest BCUT2D eigenvalue weighted by Gasteiger charge is 2.16. The second-order valence-corrected chi connectivity index (χ2v) is 6.34. The maximum Gasteiger partial charge on any atom is 0.236 e. The van der Waals surface area contributed by atoms with Crippen LogP contribution in [0.2, 0.25) is 0 Å². The van der Waals surface area contributed by atoms with E-state index in [2.05, 4.69) is 59.1 Å². The number of halogens is 1. The topological polar surface area (TPSA) is 32.3 Å². The van der Waals surface area contributed by atoms with E-state index in [1.807, 2.05) is 4.90 Å². The number of carbonyl (C=O) groups excluding carboxylic acids is 1. The minimum absolute atomic E-state index is 0.214. The van der Waals surface area contributed by atoms with Crippen LogP contribution in [0.25, 0.3) is 0 Å². The summed E-state index contributed by atoms with van der Waals surface area (Å²) in [6, 6.07) is 8.64. The van der Waals surface area contributed by atoms with Crippen LogP contribution in [0.3, 0.4) is 0 Å². The van der Waals surface area contributed by atoms with E-state index in [1.54, 1.807) is 0 Å². The average Bonchev–Trinajstić information content (AvgIpc) is 2.46. The van der Waals surface area contributed by atoms with Gasteiger partial charge in [-0.1, -0.05) is 12.1 Å². The van der Waals surface area contributed by atoms with Crippen LogP contribution < -0.4 is 5.32 Å². The van der Waals surface area contributed by atoms with Gasteiger partial charge in [0.15, 0.2) is 0 Å². The smallest absolute Gasteiger partial charge is 0.236 e. The molecule has 104 valence electrons. The van der Waals surface area contributed by atoms with Gasteiger partial charge in [-0.25, -0.2) is 0 Å². The SMILES string of the molecule is CC(NCC(=O)N1CCCCC1)c1ccc(I)cc1. The molecule has 1 aliphatic rings. The van der Waals surface area contributed by atoms with Crippen LogP contribution in [-0.2, 0) is 4.79 Å². The van der Waals surface area contributed by atoms with Crippen LogP contribution in [0.1, 0.15) is 37.8 Å². The number of benzene rings is 1. The molecule has 1 saturated heterocycles. The number of amides is 1. The summed E-state index contributed by atoms with van der Waals surface area (Å²) >= 11 is 2.30. The fraction of sp³-hybridized carbons (Fsp3) is 0.533. The summed E-state index contributed by atoms with van der Waals surface area (Å²) < 4.78 is 1.23. The van der Waals surface area contributed by atoms with E-state index in [-0.39, 0.29) is 11.9 Å². The van der Waals surface area contributed by atoms with E-state index >= 15 is 0 Å².